The molecule has 19 heavy (non-hydrogen) atoms. The number of aromatic nitrogens is 1. The van der Waals surface area contributed by atoms with Crippen molar-refractivity contribution >= 4 is 21.6 Å². The summed E-state index contributed by atoms with van der Waals surface area (Å²) in [4.78, 5) is 4.48. The summed E-state index contributed by atoms with van der Waals surface area (Å²) in [6.45, 7) is 3.16. The lowest BCUT2D eigenvalue weighted by atomic mass is 9.95. The molecular formula is C15H20N2OS. The molecule has 2 aromatic rings. The molecule has 0 aliphatic carbocycles. The van der Waals surface area contributed by atoms with Crippen LogP contribution < -0.4 is 10.1 Å². The summed E-state index contributed by atoms with van der Waals surface area (Å²) in [5.41, 5.74) is 1.04. The van der Waals surface area contributed by atoms with Crippen molar-refractivity contribution in [3.8, 4) is 5.19 Å². The molecule has 1 fully saturated rings. The van der Waals surface area contributed by atoms with Gasteiger partial charge >= 0.3 is 0 Å². The number of hydrogen-bond acceptors (Lipinski definition) is 4. The van der Waals surface area contributed by atoms with Gasteiger partial charge in [-0.2, -0.15) is 0 Å². The van der Waals surface area contributed by atoms with E-state index in [1.807, 2.05) is 18.2 Å². The standard InChI is InChI=1S/C15H20N2OS/c1-2-8-14-13(7-1)17-15(19-14)18-10-4-6-12-5-3-9-16-11-12/h1-2,7-8,12,16H,3-6,9-11H2/t12-/m0/s1. The summed E-state index contributed by atoms with van der Waals surface area (Å²) in [6, 6.07) is 8.18. The van der Waals surface area contributed by atoms with Crippen LogP contribution in [0.1, 0.15) is 25.7 Å². The molecule has 1 aliphatic heterocycles. The lowest BCUT2D eigenvalue weighted by molar-refractivity contribution is 0.275. The number of nitrogens with zero attached hydrogens (tertiary/aromatic N) is 1. The molecule has 0 bridgehead atoms. The van der Waals surface area contributed by atoms with Crippen LogP contribution in [0, 0.1) is 5.92 Å². The minimum atomic E-state index is 0.788. The van der Waals surface area contributed by atoms with E-state index >= 15 is 0 Å². The number of para-hydroxylation sites is 1. The SMILES string of the molecule is c1ccc2sc(OCCC[C@@H]3CCCNC3)nc2c1. The molecular weight excluding hydrogens is 256 g/mol. The molecule has 1 saturated heterocycles. The van der Waals surface area contributed by atoms with Gasteiger partial charge in [0.15, 0.2) is 0 Å². The van der Waals surface area contributed by atoms with Gasteiger partial charge in [-0.05, 0) is 56.8 Å². The largest absolute Gasteiger partial charge is 0.470 e. The number of thiazole rings is 1. The smallest absolute Gasteiger partial charge is 0.274 e. The van der Waals surface area contributed by atoms with Crippen molar-refractivity contribution in [2.24, 2.45) is 5.92 Å². The van der Waals surface area contributed by atoms with Crippen molar-refractivity contribution in [2.75, 3.05) is 19.7 Å². The third-order valence-corrected chi connectivity index (χ3v) is 4.60. The highest BCUT2D eigenvalue weighted by atomic mass is 32.1. The molecule has 0 spiro atoms. The predicted octanol–water partition coefficient (Wildman–Crippen LogP) is 3.45. The van der Waals surface area contributed by atoms with Crippen LogP contribution in [0.3, 0.4) is 0 Å². The number of piperidine rings is 1. The molecule has 1 atom stereocenters. The van der Waals surface area contributed by atoms with Crippen LogP contribution in [0.25, 0.3) is 10.2 Å². The maximum absolute atomic E-state index is 5.77. The molecule has 3 rings (SSSR count). The highest BCUT2D eigenvalue weighted by molar-refractivity contribution is 7.20. The number of ether oxygens (including phenoxy) is 1. The van der Waals surface area contributed by atoms with Crippen molar-refractivity contribution in [2.45, 2.75) is 25.7 Å². The maximum atomic E-state index is 5.77. The Labute approximate surface area is 118 Å². The number of fused-ring (bicyclic) bond motifs is 1. The van der Waals surface area contributed by atoms with E-state index in [9.17, 15) is 0 Å². The maximum Gasteiger partial charge on any atom is 0.274 e. The molecule has 1 aliphatic rings. The van der Waals surface area contributed by atoms with Gasteiger partial charge in [0.05, 0.1) is 16.8 Å². The molecule has 0 amide bonds. The van der Waals surface area contributed by atoms with Crippen molar-refractivity contribution in [3.63, 3.8) is 0 Å². The third kappa shape index (κ3) is 3.45. The van der Waals surface area contributed by atoms with E-state index in [2.05, 4.69) is 16.4 Å². The van der Waals surface area contributed by atoms with Gasteiger partial charge < -0.3 is 10.1 Å². The highest BCUT2D eigenvalue weighted by Crippen LogP contribution is 2.27. The van der Waals surface area contributed by atoms with Crippen molar-refractivity contribution in [1.29, 1.82) is 0 Å². The van der Waals surface area contributed by atoms with Crippen LogP contribution in [-0.2, 0) is 0 Å². The lowest BCUT2D eigenvalue weighted by Crippen LogP contribution is -2.29. The van der Waals surface area contributed by atoms with Crippen LogP contribution in [0.2, 0.25) is 0 Å². The molecule has 2 heterocycles. The zero-order valence-electron chi connectivity index (χ0n) is 11.1. The first-order chi connectivity index (χ1) is 9.42. The van der Waals surface area contributed by atoms with Gasteiger partial charge in [0, 0.05) is 0 Å². The van der Waals surface area contributed by atoms with Gasteiger partial charge in [-0.3, -0.25) is 0 Å². The van der Waals surface area contributed by atoms with E-state index in [1.54, 1.807) is 11.3 Å². The Morgan fingerprint density at radius 1 is 1.37 bits per heavy atom. The number of benzene rings is 1. The van der Waals surface area contributed by atoms with E-state index < -0.39 is 0 Å². The van der Waals surface area contributed by atoms with E-state index in [0.29, 0.717) is 0 Å². The Balaban J connectivity index is 1.44. The second-order valence-corrected chi connectivity index (χ2v) is 6.14. The molecule has 102 valence electrons. The van der Waals surface area contributed by atoms with Crippen molar-refractivity contribution in [1.82, 2.24) is 10.3 Å². The second kappa shape index (κ2) is 6.35. The van der Waals surface area contributed by atoms with Gasteiger partial charge in [0.2, 0.25) is 0 Å². The molecule has 0 unspecified atom stereocenters. The fourth-order valence-electron chi connectivity index (χ4n) is 2.61. The van der Waals surface area contributed by atoms with Crippen LogP contribution in [0.5, 0.6) is 5.19 Å². The first-order valence-electron chi connectivity index (χ1n) is 7.11. The van der Waals surface area contributed by atoms with Gasteiger partial charge in [0.1, 0.15) is 0 Å². The Morgan fingerprint density at radius 3 is 3.16 bits per heavy atom. The second-order valence-electron chi connectivity index (χ2n) is 5.15. The number of rotatable bonds is 5. The summed E-state index contributed by atoms with van der Waals surface area (Å²) >= 11 is 1.64. The molecule has 4 heteroatoms. The summed E-state index contributed by atoms with van der Waals surface area (Å²) < 4.78 is 6.97. The van der Waals surface area contributed by atoms with Gasteiger partial charge in [-0.15, -0.1) is 0 Å². The minimum Gasteiger partial charge on any atom is -0.470 e. The fraction of sp³-hybridized carbons (Fsp3) is 0.533. The van der Waals surface area contributed by atoms with E-state index in [4.69, 9.17) is 4.74 Å². The Morgan fingerprint density at radius 2 is 2.32 bits per heavy atom. The molecule has 1 aromatic heterocycles. The molecule has 1 aromatic carbocycles. The lowest BCUT2D eigenvalue weighted by Gasteiger charge is -2.22. The quantitative estimate of drug-likeness (QED) is 0.849. The zero-order valence-corrected chi connectivity index (χ0v) is 11.9. The first-order valence-corrected chi connectivity index (χ1v) is 7.92. The summed E-state index contributed by atoms with van der Waals surface area (Å²) in [6.07, 6.45) is 5.08. The van der Waals surface area contributed by atoms with Gasteiger partial charge in [0.25, 0.3) is 5.19 Å². The Kier molecular flexibility index (Phi) is 4.30. The average Bonchev–Trinajstić information content (AvgIpc) is 2.87. The van der Waals surface area contributed by atoms with Gasteiger partial charge in [-0.25, -0.2) is 4.98 Å². The average molecular weight is 276 g/mol. The van der Waals surface area contributed by atoms with Crippen LogP contribution >= 0.6 is 11.3 Å². The summed E-state index contributed by atoms with van der Waals surface area (Å²) in [5, 5.41) is 4.27. The fourth-order valence-corrected chi connectivity index (χ4v) is 3.45. The molecule has 1 N–H and O–H groups in total. The van der Waals surface area contributed by atoms with E-state index in [-0.39, 0.29) is 0 Å². The number of nitrogens with one attached hydrogen (secondary N) is 1. The third-order valence-electron chi connectivity index (χ3n) is 3.66. The highest BCUT2D eigenvalue weighted by Gasteiger charge is 2.12. The molecule has 0 radical (unpaired) electrons. The number of hydrogen-bond donors (Lipinski definition) is 1. The van der Waals surface area contributed by atoms with E-state index in [1.165, 1.54) is 37.1 Å². The summed E-state index contributed by atoms with van der Waals surface area (Å²) in [5.74, 6) is 0.840. The van der Waals surface area contributed by atoms with Gasteiger partial charge in [-0.1, -0.05) is 23.5 Å². The van der Waals surface area contributed by atoms with E-state index in [0.717, 1.165) is 29.7 Å². The summed E-state index contributed by atoms with van der Waals surface area (Å²) in [7, 11) is 0. The topological polar surface area (TPSA) is 34.1 Å². The normalized spacial score (nSPS) is 19.7. The Bertz CT molecular complexity index is 487. The van der Waals surface area contributed by atoms with Crippen molar-refractivity contribution < 1.29 is 4.74 Å². The van der Waals surface area contributed by atoms with Crippen LogP contribution in [0.4, 0.5) is 0 Å². The minimum absolute atomic E-state index is 0.788. The Hall–Kier alpha value is -1.13. The zero-order chi connectivity index (χ0) is 12.9. The molecule has 0 saturated carbocycles. The van der Waals surface area contributed by atoms with Crippen molar-refractivity contribution in [3.05, 3.63) is 24.3 Å². The first kappa shape index (κ1) is 12.9. The van der Waals surface area contributed by atoms with Crippen LogP contribution in [-0.4, -0.2) is 24.7 Å². The molecule has 3 nitrogen and oxygen atoms in total. The predicted molar refractivity (Wildman–Crippen MR) is 79.9 cm³/mol. The van der Waals surface area contributed by atoms with Crippen LogP contribution in [0.15, 0.2) is 24.3 Å². The monoisotopic (exact) mass is 276 g/mol.